The van der Waals surface area contributed by atoms with Crippen molar-refractivity contribution in [1.29, 1.82) is 0 Å². The first-order chi connectivity index (χ1) is 13.1. The number of piperidine rings is 1. The predicted octanol–water partition coefficient (Wildman–Crippen LogP) is 3.33. The highest BCUT2D eigenvalue weighted by molar-refractivity contribution is 9.10. The molecule has 0 spiro atoms. The van der Waals surface area contributed by atoms with Gasteiger partial charge in [-0.05, 0) is 43.2 Å². The molecule has 0 atom stereocenters. The topological polar surface area (TPSA) is 67.3 Å². The number of nitrogens with zero attached hydrogens (tertiary/aromatic N) is 2. The van der Waals surface area contributed by atoms with Gasteiger partial charge < -0.3 is 14.6 Å². The zero-order valence-electron chi connectivity index (χ0n) is 14.7. The van der Waals surface area contributed by atoms with Gasteiger partial charge in [0.2, 0.25) is 0 Å². The van der Waals surface area contributed by atoms with E-state index in [1.54, 1.807) is 0 Å². The van der Waals surface area contributed by atoms with Gasteiger partial charge in [0, 0.05) is 23.6 Å². The molecule has 1 aromatic heterocycles. The van der Waals surface area contributed by atoms with E-state index < -0.39 is 0 Å². The first-order valence-electron chi connectivity index (χ1n) is 8.97. The third kappa shape index (κ3) is 3.78. The van der Waals surface area contributed by atoms with Crippen molar-refractivity contribution in [2.24, 2.45) is 0 Å². The van der Waals surface area contributed by atoms with E-state index in [0.29, 0.717) is 18.8 Å². The molecule has 7 heteroatoms. The second-order valence-corrected chi connectivity index (χ2v) is 7.59. The molecule has 6 nitrogen and oxygen atoms in total. The number of carbonyl (C=O) groups excluding carboxylic acids is 1. The molecule has 1 amide bonds. The summed E-state index contributed by atoms with van der Waals surface area (Å²) in [5.41, 5.74) is 1.69. The third-order valence-electron chi connectivity index (χ3n) is 4.96. The van der Waals surface area contributed by atoms with Crippen molar-refractivity contribution in [1.82, 2.24) is 14.5 Å². The van der Waals surface area contributed by atoms with Crippen LogP contribution >= 0.6 is 15.9 Å². The minimum absolute atomic E-state index is 0.0220. The fourth-order valence-electron chi connectivity index (χ4n) is 3.60. The molecule has 0 bridgehead atoms. The number of hydrogen-bond donors (Lipinski definition) is 1. The number of aromatic nitrogens is 2. The summed E-state index contributed by atoms with van der Waals surface area (Å²) < 4.78 is 8.34. The molecule has 0 saturated carbocycles. The molecular formula is C20H20BrN3O3. The highest BCUT2D eigenvalue weighted by Gasteiger charge is 2.26. The van der Waals surface area contributed by atoms with Gasteiger partial charge in [0.1, 0.15) is 5.75 Å². The van der Waals surface area contributed by atoms with Crippen molar-refractivity contribution in [3.63, 3.8) is 0 Å². The number of carbonyl (C=O) groups is 1. The summed E-state index contributed by atoms with van der Waals surface area (Å²) in [6, 6.07) is 15.3. The van der Waals surface area contributed by atoms with E-state index in [0.717, 1.165) is 28.3 Å². The number of imidazole rings is 1. The van der Waals surface area contributed by atoms with Crippen LogP contribution in [0.4, 0.5) is 0 Å². The van der Waals surface area contributed by atoms with E-state index in [2.05, 4.69) is 20.9 Å². The number of amides is 1. The van der Waals surface area contributed by atoms with Crippen LogP contribution in [0.2, 0.25) is 0 Å². The Morgan fingerprint density at radius 1 is 1.15 bits per heavy atom. The van der Waals surface area contributed by atoms with Crippen molar-refractivity contribution >= 4 is 32.9 Å². The number of aromatic amines is 1. The zero-order chi connectivity index (χ0) is 18.8. The van der Waals surface area contributed by atoms with Crippen molar-refractivity contribution in [2.45, 2.75) is 18.9 Å². The number of halogens is 1. The number of benzene rings is 2. The van der Waals surface area contributed by atoms with Crippen molar-refractivity contribution in [3.8, 4) is 5.75 Å². The maximum atomic E-state index is 12.4. The fraction of sp³-hybridized carbons (Fsp3) is 0.300. The van der Waals surface area contributed by atoms with Crippen LogP contribution in [0.3, 0.4) is 0 Å². The molecule has 2 heterocycles. The molecule has 140 valence electrons. The lowest BCUT2D eigenvalue weighted by molar-refractivity contribution is -0.134. The number of para-hydroxylation sites is 2. The van der Waals surface area contributed by atoms with E-state index >= 15 is 0 Å². The number of rotatable bonds is 4. The van der Waals surface area contributed by atoms with E-state index in [4.69, 9.17) is 4.74 Å². The Hall–Kier alpha value is -2.54. The van der Waals surface area contributed by atoms with Gasteiger partial charge in [0.25, 0.3) is 5.91 Å². The summed E-state index contributed by atoms with van der Waals surface area (Å²) >= 11 is 3.39. The second kappa shape index (κ2) is 7.60. The summed E-state index contributed by atoms with van der Waals surface area (Å²) in [6.07, 6.45) is 1.51. The number of likely N-dealkylation sites (tertiary alicyclic amines) is 1. The molecule has 0 aliphatic carbocycles. The maximum absolute atomic E-state index is 12.4. The van der Waals surface area contributed by atoms with Crippen LogP contribution < -0.4 is 10.4 Å². The number of H-pyrrole nitrogens is 1. The fourth-order valence-corrected chi connectivity index (χ4v) is 3.98. The van der Waals surface area contributed by atoms with E-state index in [1.165, 1.54) is 0 Å². The Balaban J connectivity index is 1.37. The Morgan fingerprint density at radius 2 is 1.93 bits per heavy atom. The second-order valence-electron chi connectivity index (χ2n) is 6.68. The molecule has 3 aromatic rings. The van der Waals surface area contributed by atoms with Crippen molar-refractivity contribution in [2.75, 3.05) is 19.7 Å². The SMILES string of the molecule is O=C(COc1cccc(Br)c1)N1CCC(n2c(=O)[nH]c3ccccc32)CC1. The lowest BCUT2D eigenvalue weighted by Crippen LogP contribution is -2.42. The van der Waals surface area contributed by atoms with Gasteiger partial charge in [-0.2, -0.15) is 0 Å². The molecule has 1 saturated heterocycles. The standard InChI is InChI=1S/C20H20BrN3O3/c21-14-4-3-5-16(12-14)27-13-19(25)23-10-8-15(9-11-23)24-18-7-2-1-6-17(18)22-20(24)26/h1-7,12,15H,8-11,13H2,(H,22,26). The molecule has 0 unspecified atom stereocenters. The molecule has 1 fully saturated rings. The van der Waals surface area contributed by atoms with Gasteiger partial charge >= 0.3 is 5.69 Å². The molecule has 27 heavy (non-hydrogen) atoms. The van der Waals surface area contributed by atoms with Crippen LogP contribution in [0.25, 0.3) is 11.0 Å². The van der Waals surface area contributed by atoms with Crippen LogP contribution in [0.1, 0.15) is 18.9 Å². The number of hydrogen-bond acceptors (Lipinski definition) is 3. The normalized spacial score (nSPS) is 15.2. The summed E-state index contributed by atoms with van der Waals surface area (Å²) in [5.74, 6) is 0.637. The van der Waals surface area contributed by atoms with Gasteiger partial charge in [0.05, 0.1) is 11.0 Å². The van der Waals surface area contributed by atoms with E-state index in [9.17, 15) is 9.59 Å². The first kappa shape index (κ1) is 17.9. The minimum Gasteiger partial charge on any atom is -0.484 e. The molecule has 1 aliphatic heterocycles. The molecule has 0 radical (unpaired) electrons. The Kier molecular flexibility index (Phi) is 5.03. The third-order valence-corrected chi connectivity index (χ3v) is 5.46. The zero-order valence-corrected chi connectivity index (χ0v) is 16.3. The highest BCUT2D eigenvalue weighted by Crippen LogP contribution is 2.25. The quantitative estimate of drug-likeness (QED) is 0.691. The largest absolute Gasteiger partial charge is 0.484 e. The van der Waals surface area contributed by atoms with Crippen LogP contribution in [0, 0.1) is 0 Å². The number of ether oxygens (including phenoxy) is 1. The van der Waals surface area contributed by atoms with Crippen LogP contribution in [-0.4, -0.2) is 40.1 Å². The average Bonchev–Trinajstić information content (AvgIpc) is 3.02. The predicted molar refractivity (Wildman–Crippen MR) is 107 cm³/mol. The average molecular weight is 430 g/mol. The van der Waals surface area contributed by atoms with Crippen LogP contribution in [0.15, 0.2) is 57.8 Å². The van der Waals surface area contributed by atoms with Gasteiger partial charge in [-0.25, -0.2) is 4.79 Å². The van der Waals surface area contributed by atoms with Gasteiger partial charge in [-0.3, -0.25) is 9.36 Å². The lowest BCUT2D eigenvalue weighted by atomic mass is 10.0. The summed E-state index contributed by atoms with van der Waals surface area (Å²) in [5, 5.41) is 0. The van der Waals surface area contributed by atoms with Crippen molar-refractivity contribution in [3.05, 3.63) is 63.5 Å². The van der Waals surface area contributed by atoms with Gasteiger partial charge in [-0.15, -0.1) is 0 Å². The van der Waals surface area contributed by atoms with Crippen LogP contribution in [0.5, 0.6) is 5.75 Å². The van der Waals surface area contributed by atoms with E-state index in [-0.39, 0.29) is 24.2 Å². The van der Waals surface area contributed by atoms with E-state index in [1.807, 2.05) is 58.0 Å². The molecular weight excluding hydrogens is 410 g/mol. The van der Waals surface area contributed by atoms with Gasteiger partial charge in [-0.1, -0.05) is 34.1 Å². The first-order valence-corrected chi connectivity index (χ1v) is 9.76. The molecule has 1 aliphatic rings. The Labute approximate surface area is 164 Å². The van der Waals surface area contributed by atoms with Gasteiger partial charge in [0.15, 0.2) is 6.61 Å². The highest BCUT2D eigenvalue weighted by atomic mass is 79.9. The minimum atomic E-state index is -0.0843. The summed E-state index contributed by atoms with van der Waals surface area (Å²) in [4.78, 5) is 29.5. The number of fused-ring (bicyclic) bond motifs is 1. The smallest absolute Gasteiger partial charge is 0.326 e. The summed E-state index contributed by atoms with van der Waals surface area (Å²) in [6.45, 7) is 1.27. The van der Waals surface area contributed by atoms with Crippen LogP contribution in [-0.2, 0) is 4.79 Å². The molecule has 2 aromatic carbocycles. The molecule has 4 rings (SSSR count). The number of nitrogens with one attached hydrogen (secondary N) is 1. The Bertz CT molecular complexity index is 1020. The van der Waals surface area contributed by atoms with Crippen molar-refractivity contribution < 1.29 is 9.53 Å². The monoisotopic (exact) mass is 429 g/mol. The molecule has 1 N–H and O–H groups in total. The summed E-state index contributed by atoms with van der Waals surface area (Å²) in [7, 11) is 0. The lowest BCUT2D eigenvalue weighted by Gasteiger charge is -2.32. The maximum Gasteiger partial charge on any atom is 0.326 e. The Morgan fingerprint density at radius 3 is 2.70 bits per heavy atom.